The van der Waals surface area contributed by atoms with Crippen LogP contribution in [0.15, 0.2) is 66.7 Å². The van der Waals surface area contributed by atoms with Crippen LogP contribution >= 0.6 is 0 Å². The number of nitrogens with one attached hydrogen (secondary N) is 1. The highest BCUT2D eigenvalue weighted by Gasteiger charge is 2.22. The van der Waals surface area contributed by atoms with Gasteiger partial charge in [0.2, 0.25) is 0 Å². The van der Waals surface area contributed by atoms with E-state index < -0.39 is 0 Å². The van der Waals surface area contributed by atoms with Gasteiger partial charge in [-0.25, -0.2) is 4.98 Å². The molecule has 0 saturated carbocycles. The van der Waals surface area contributed by atoms with E-state index in [1.165, 1.54) is 5.56 Å². The molecular weight excluding hydrogens is 586 g/mol. The van der Waals surface area contributed by atoms with E-state index in [1.54, 1.807) is 26.4 Å². The zero-order chi connectivity index (χ0) is 32.3. The summed E-state index contributed by atoms with van der Waals surface area (Å²) in [4.78, 5) is 33.1. The zero-order valence-electron chi connectivity index (χ0n) is 26.7. The van der Waals surface area contributed by atoms with Crippen LogP contribution in [0, 0.1) is 6.92 Å². The van der Waals surface area contributed by atoms with E-state index in [1.807, 2.05) is 61.5 Å². The first-order valence-electron chi connectivity index (χ1n) is 15.5. The molecule has 3 aromatic carbocycles. The Morgan fingerprint density at radius 3 is 2.41 bits per heavy atom. The molecule has 1 aliphatic rings. The van der Waals surface area contributed by atoms with Gasteiger partial charge in [-0.05, 0) is 60.4 Å². The number of Topliss-reactive ketones (excluding diaryl/α,β-unsaturated/α-hetero) is 1. The van der Waals surface area contributed by atoms with Crippen molar-refractivity contribution in [3.05, 3.63) is 94.7 Å². The van der Waals surface area contributed by atoms with Crippen molar-refractivity contribution < 1.29 is 33.3 Å². The lowest BCUT2D eigenvalue weighted by molar-refractivity contribution is 0.0178. The Bertz CT molecular complexity index is 1660. The SMILES string of the molecule is COCCOCCOCCOc1cc2c(cc1OC)CCN(CC(=O)c1ccc(C)c(NC(=O)c3ccc4ccccc4n3)c1)C2. The number of fused-ring (bicyclic) bond motifs is 2. The quantitative estimate of drug-likeness (QED) is 0.134. The van der Waals surface area contributed by atoms with Gasteiger partial charge in [0.15, 0.2) is 17.3 Å². The number of amides is 1. The topological polar surface area (TPSA) is 108 Å². The van der Waals surface area contributed by atoms with Crippen molar-refractivity contribution in [1.82, 2.24) is 9.88 Å². The van der Waals surface area contributed by atoms with E-state index in [0.717, 1.165) is 35.0 Å². The number of carbonyl (C=O) groups excluding carboxylic acids is 2. The molecule has 1 N–H and O–H groups in total. The number of benzene rings is 3. The lowest BCUT2D eigenvalue weighted by Gasteiger charge is -2.29. The second-order valence-electron chi connectivity index (χ2n) is 11.1. The number of carbonyl (C=O) groups is 2. The van der Waals surface area contributed by atoms with Crippen LogP contribution in [0.2, 0.25) is 0 Å². The monoisotopic (exact) mass is 627 g/mol. The Hall–Kier alpha value is -4.35. The Balaban J connectivity index is 1.17. The van der Waals surface area contributed by atoms with Crippen molar-refractivity contribution in [3.63, 3.8) is 0 Å². The molecule has 1 aromatic heterocycles. The lowest BCUT2D eigenvalue weighted by atomic mass is 9.98. The van der Waals surface area contributed by atoms with Crippen LogP contribution in [0.1, 0.15) is 37.5 Å². The fraction of sp³-hybridized carbons (Fsp3) is 0.361. The van der Waals surface area contributed by atoms with Crippen molar-refractivity contribution in [2.75, 3.05) is 72.3 Å². The van der Waals surface area contributed by atoms with Gasteiger partial charge in [-0.3, -0.25) is 14.5 Å². The fourth-order valence-corrected chi connectivity index (χ4v) is 5.31. The summed E-state index contributed by atoms with van der Waals surface area (Å²) in [5.74, 6) is 0.989. The molecule has 0 atom stereocenters. The first-order valence-corrected chi connectivity index (χ1v) is 15.5. The first-order chi connectivity index (χ1) is 22.4. The third-order valence-electron chi connectivity index (χ3n) is 7.87. The zero-order valence-corrected chi connectivity index (χ0v) is 26.7. The van der Waals surface area contributed by atoms with Crippen molar-refractivity contribution in [1.29, 1.82) is 0 Å². The number of pyridine rings is 1. The van der Waals surface area contributed by atoms with E-state index in [0.29, 0.717) is 74.6 Å². The van der Waals surface area contributed by atoms with Crippen LogP contribution in [-0.4, -0.2) is 88.5 Å². The summed E-state index contributed by atoms with van der Waals surface area (Å²) < 4.78 is 27.5. The molecule has 0 unspecified atom stereocenters. The molecule has 0 fully saturated rings. The minimum absolute atomic E-state index is 0.0175. The van der Waals surface area contributed by atoms with Gasteiger partial charge in [0.25, 0.3) is 5.91 Å². The highest BCUT2D eigenvalue weighted by atomic mass is 16.6. The molecule has 10 heteroatoms. The molecule has 46 heavy (non-hydrogen) atoms. The van der Waals surface area contributed by atoms with Crippen molar-refractivity contribution in [3.8, 4) is 11.5 Å². The third kappa shape index (κ3) is 8.67. The van der Waals surface area contributed by atoms with Gasteiger partial charge in [0.1, 0.15) is 12.3 Å². The Labute approximate surface area is 269 Å². The molecule has 1 amide bonds. The maximum absolute atomic E-state index is 13.4. The maximum atomic E-state index is 13.4. The number of para-hydroxylation sites is 1. The number of hydrogen-bond donors (Lipinski definition) is 1. The molecule has 1 aliphatic heterocycles. The van der Waals surface area contributed by atoms with E-state index >= 15 is 0 Å². The predicted molar refractivity (Wildman–Crippen MR) is 176 cm³/mol. The normalized spacial score (nSPS) is 12.9. The molecule has 5 rings (SSSR count). The third-order valence-corrected chi connectivity index (χ3v) is 7.87. The summed E-state index contributed by atoms with van der Waals surface area (Å²) in [6.45, 7) is 6.39. The number of ketones is 1. The Kier molecular flexibility index (Phi) is 11.7. The second kappa shape index (κ2) is 16.3. The van der Waals surface area contributed by atoms with Crippen LogP contribution in [0.5, 0.6) is 11.5 Å². The van der Waals surface area contributed by atoms with Gasteiger partial charge in [-0.15, -0.1) is 0 Å². The molecule has 0 saturated heterocycles. The van der Waals surface area contributed by atoms with Gasteiger partial charge in [-0.1, -0.05) is 36.4 Å². The minimum Gasteiger partial charge on any atom is -0.493 e. The van der Waals surface area contributed by atoms with E-state index in [-0.39, 0.29) is 18.2 Å². The second-order valence-corrected chi connectivity index (χ2v) is 11.1. The van der Waals surface area contributed by atoms with Crippen LogP contribution in [0.3, 0.4) is 0 Å². The van der Waals surface area contributed by atoms with Gasteiger partial charge < -0.3 is 29.0 Å². The molecule has 4 aromatic rings. The molecule has 0 aliphatic carbocycles. The van der Waals surface area contributed by atoms with E-state index in [2.05, 4.69) is 15.2 Å². The lowest BCUT2D eigenvalue weighted by Crippen LogP contribution is -2.35. The minimum atomic E-state index is -0.321. The molecule has 242 valence electrons. The first kappa shape index (κ1) is 33.0. The highest BCUT2D eigenvalue weighted by Crippen LogP contribution is 2.33. The average Bonchev–Trinajstić information content (AvgIpc) is 3.07. The number of nitrogens with zero attached hydrogens (tertiary/aromatic N) is 2. The van der Waals surface area contributed by atoms with Crippen LogP contribution in [-0.2, 0) is 27.2 Å². The fourth-order valence-electron chi connectivity index (χ4n) is 5.31. The summed E-state index contributed by atoms with van der Waals surface area (Å²) in [5.41, 5.74) is 5.34. The summed E-state index contributed by atoms with van der Waals surface area (Å²) in [5, 5.41) is 3.91. The number of hydrogen-bond acceptors (Lipinski definition) is 9. The molecule has 0 spiro atoms. The summed E-state index contributed by atoms with van der Waals surface area (Å²) in [7, 11) is 3.27. The van der Waals surface area contributed by atoms with Crippen LogP contribution < -0.4 is 14.8 Å². The number of ether oxygens (including phenoxy) is 5. The molecule has 2 heterocycles. The number of methoxy groups -OCH3 is 2. The van der Waals surface area contributed by atoms with Crippen molar-refractivity contribution in [2.45, 2.75) is 19.9 Å². The van der Waals surface area contributed by atoms with Crippen LogP contribution in [0.25, 0.3) is 10.9 Å². The predicted octanol–water partition coefficient (Wildman–Crippen LogP) is 5.10. The van der Waals surface area contributed by atoms with E-state index in [9.17, 15) is 9.59 Å². The number of aryl methyl sites for hydroxylation is 1. The smallest absolute Gasteiger partial charge is 0.274 e. The summed E-state index contributed by atoms with van der Waals surface area (Å²) >= 11 is 0. The summed E-state index contributed by atoms with van der Waals surface area (Å²) in [6.07, 6.45) is 0.791. The largest absolute Gasteiger partial charge is 0.493 e. The highest BCUT2D eigenvalue weighted by molar-refractivity contribution is 6.05. The van der Waals surface area contributed by atoms with Gasteiger partial charge in [0, 0.05) is 36.8 Å². The summed E-state index contributed by atoms with van der Waals surface area (Å²) in [6, 6.07) is 20.7. The molecule has 10 nitrogen and oxygen atoms in total. The standard InChI is InChI=1S/C36H41N3O7/c1-25-8-9-28(20-32(25)38-36(41)31-11-10-26-6-4-5-7-30(26)37-31)33(40)24-39-13-12-27-21-34(43-3)35(22-29(27)23-39)46-19-18-45-17-16-44-15-14-42-2/h4-11,20-22H,12-19,23-24H2,1-3H3,(H,38,41). The number of aromatic nitrogens is 1. The Morgan fingerprint density at radius 1 is 0.848 bits per heavy atom. The number of anilines is 1. The Morgan fingerprint density at radius 2 is 1.61 bits per heavy atom. The average molecular weight is 628 g/mol. The van der Waals surface area contributed by atoms with Gasteiger partial charge >= 0.3 is 0 Å². The van der Waals surface area contributed by atoms with Crippen LogP contribution in [0.4, 0.5) is 5.69 Å². The van der Waals surface area contributed by atoms with Crippen molar-refractivity contribution >= 4 is 28.3 Å². The van der Waals surface area contributed by atoms with Crippen molar-refractivity contribution in [2.24, 2.45) is 0 Å². The maximum Gasteiger partial charge on any atom is 0.274 e. The number of rotatable bonds is 16. The molecule has 0 radical (unpaired) electrons. The van der Waals surface area contributed by atoms with Gasteiger partial charge in [-0.2, -0.15) is 0 Å². The van der Waals surface area contributed by atoms with Gasteiger partial charge in [0.05, 0.1) is 52.2 Å². The molecular formula is C36H41N3O7. The molecule has 0 bridgehead atoms. The van der Waals surface area contributed by atoms with E-state index in [4.69, 9.17) is 23.7 Å².